The molecule has 1 fully saturated rings. The van der Waals surface area contributed by atoms with Gasteiger partial charge in [0.15, 0.2) is 0 Å². The van der Waals surface area contributed by atoms with E-state index in [1.54, 1.807) is 0 Å². The predicted octanol–water partition coefficient (Wildman–Crippen LogP) is 1.38. The zero-order chi connectivity index (χ0) is 11.5. The van der Waals surface area contributed by atoms with Crippen molar-refractivity contribution in [2.75, 3.05) is 13.1 Å². The number of aliphatic hydroxyl groups is 2. The van der Waals surface area contributed by atoms with Gasteiger partial charge in [0.25, 0.3) is 0 Å². The van der Waals surface area contributed by atoms with Crippen LogP contribution in [0.5, 0.6) is 0 Å². The molecule has 0 spiro atoms. The van der Waals surface area contributed by atoms with Gasteiger partial charge in [0.05, 0.1) is 11.7 Å². The largest absolute Gasteiger partial charge is 0.393 e. The molecule has 0 atom stereocenters. The first kappa shape index (κ1) is 12.9. The Kier molecular flexibility index (Phi) is 4.56. The maximum atomic E-state index is 9.81. The third kappa shape index (κ3) is 4.49. The van der Waals surface area contributed by atoms with Gasteiger partial charge in [-0.15, -0.1) is 0 Å². The van der Waals surface area contributed by atoms with Crippen LogP contribution in [0.25, 0.3) is 0 Å². The zero-order valence-electron chi connectivity index (χ0n) is 10.2. The summed E-state index contributed by atoms with van der Waals surface area (Å²) in [5.41, 5.74) is -0.619. The average Bonchev–Trinajstić information content (AvgIpc) is 2.14. The molecule has 0 aliphatic heterocycles. The van der Waals surface area contributed by atoms with Crippen LogP contribution in [0, 0.1) is 0 Å². The van der Waals surface area contributed by atoms with Crippen molar-refractivity contribution in [1.29, 1.82) is 0 Å². The van der Waals surface area contributed by atoms with E-state index in [9.17, 15) is 10.2 Å². The van der Waals surface area contributed by atoms with Crippen LogP contribution < -0.4 is 0 Å². The van der Waals surface area contributed by atoms with Gasteiger partial charge in [0.1, 0.15) is 0 Å². The van der Waals surface area contributed by atoms with Crippen LogP contribution >= 0.6 is 0 Å². The highest BCUT2D eigenvalue weighted by Crippen LogP contribution is 2.24. The lowest BCUT2D eigenvalue weighted by molar-refractivity contribution is 0.00517. The number of hydrogen-bond donors (Lipinski definition) is 2. The molecule has 0 bridgehead atoms. The van der Waals surface area contributed by atoms with Gasteiger partial charge in [0, 0.05) is 12.6 Å². The Morgan fingerprint density at radius 3 is 2.13 bits per heavy atom. The van der Waals surface area contributed by atoms with E-state index in [1.165, 1.54) is 0 Å². The SMILES string of the molecule is CCN(CC(C)(C)O)C1CCC(O)CC1. The highest BCUT2D eigenvalue weighted by molar-refractivity contribution is 4.82. The molecule has 0 amide bonds. The third-order valence-electron chi connectivity index (χ3n) is 3.18. The van der Waals surface area contributed by atoms with E-state index in [-0.39, 0.29) is 6.10 Å². The minimum Gasteiger partial charge on any atom is -0.393 e. The lowest BCUT2D eigenvalue weighted by atomic mass is 9.91. The monoisotopic (exact) mass is 215 g/mol. The molecule has 15 heavy (non-hydrogen) atoms. The smallest absolute Gasteiger partial charge is 0.0718 e. The molecule has 1 aliphatic rings. The van der Waals surface area contributed by atoms with Crippen LogP contribution in [0.2, 0.25) is 0 Å². The van der Waals surface area contributed by atoms with Gasteiger partial charge in [-0.25, -0.2) is 0 Å². The summed E-state index contributed by atoms with van der Waals surface area (Å²) >= 11 is 0. The fourth-order valence-corrected chi connectivity index (χ4v) is 2.42. The summed E-state index contributed by atoms with van der Waals surface area (Å²) in [4.78, 5) is 2.34. The van der Waals surface area contributed by atoms with Gasteiger partial charge in [-0.05, 0) is 46.1 Å². The first-order chi connectivity index (χ1) is 6.92. The van der Waals surface area contributed by atoms with Gasteiger partial charge in [-0.3, -0.25) is 4.90 Å². The van der Waals surface area contributed by atoms with E-state index in [0.29, 0.717) is 6.04 Å². The second-order valence-corrected chi connectivity index (χ2v) is 5.34. The minimum atomic E-state index is -0.619. The van der Waals surface area contributed by atoms with Gasteiger partial charge in [-0.2, -0.15) is 0 Å². The number of likely N-dealkylation sites (N-methyl/N-ethyl adjacent to an activating group) is 1. The molecule has 0 heterocycles. The van der Waals surface area contributed by atoms with Gasteiger partial charge in [0.2, 0.25) is 0 Å². The summed E-state index contributed by atoms with van der Waals surface area (Å²) < 4.78 is 0. The topological polar surface area (TPSA) is 43.7 Å². The van der Waals surface area contributed by atoms with Crippen LogP contribution in [0.3, 0.4) is 0 Å². The quantitative estimate of drug-likeness (QED) is 0.744. The summed E-state index contributed by atoms with van der Waals surface area (Å²) in [6, 6.07) is 0.546. The molecule has 3 heteroatoms. The number of nitrogens with zero attached hydrogens (tertiary/aromatic N) is 1. The second-order valence-electron chi connectivity index (χ2n) is 5.34. The lowest BCUT2D eigenvalue weighted by Gasteiger charge is -2.38. The Labute approximate surface area is 93.1 Å². The molecule has 0 aromatic heterocycles. The van der Waals surface area contributed by atoms with Gasteiger partial charge >= 0.3 is 0 Å². The summed E-state index contributed by atoms with van der Waals surface area (Å²) in [5.74, 6) is 0. The fourth-order valence-electron chi connectivity index (χ4n) is 2.42. The molecular formula is C12H25NO2. The molecule has 1 aliphatic carbocycles. The van der Waals surface area contributed by atoms with Crippen LogP contribution in [0.15, 0.2) is 0 Å². The first-order valence-corrected chi connectivity index (χ1v) is 6.07. The van der Waals surface area contributed by atoms with Crippen LogP contribution in [0.1, 0.15) is 46.5 Å². The van der Waals surface area contributed by atoms with Crippen molar-refractivity contribution in [1.82, 2.24) is 4.90 Å². The van der Waals surface area contributed by atoms with Crippen molar-refractivity contribution >= 4 is 0 Å². The van der Waals surface area contributed by atoms with E-state index < -0.39 is 5.60 Å². The summed E-state index contributed by atoms with van der Waals surface area (Å²) in [7, 11) is 0. The van der Waals surface area contributed by atoms with E-state index in [1.807, 2.05) is 13.8 Å². The standard InChI is InChI=1S/C12H25NO2/c1-4-13(9-12(2,3)15)10-5-7-11(14)8-6-10/h10-11,14-15H,4-9H2,1-3H3. The van der Waals surface area contributed by atoms with E-state index in [0.717, 1.165) is 38.8 Å². The lowest BCUT2D eigenvalue weighted by Crippen LogP contribution is -2.46. The highest BCUT2D eigenvalue weighted by atomic mass is 16.3. The maximum Gasteiger partial charge on any atom is 0.0718 e. The fraction of sp³-hybridized carbons (Fsp3) is 1.00. The Morgan fingerprint density at radius 2 is 1.73 bits per heavy atom. The molecule has 1 rings (SSSR count). The first-order valence-electron chi connectivity index (χ1n) is 6.07. The Morgan fingerprint density at radius 1 is 1.20 bits per heavy atom. The second kappa shape index (κ2) is 5.28. The molecule has 0 unspecified atom stereocenters. The van der Waals surface area contributed by atoms with Crippen molar-refractivity contribution in [3.05, 3.63) is 0 Å². The van der Waals surface area contributed by atoms with Gasteiger partial charge < -0.3 is 10.2 Å². The van der Waals surface area contributed by atoms with E-state index in [4.69, 9.17) is 0 Å². The number of rotatable bonds is 4. The van der Waals surface area contributed by atoms with Crippen molar-refractivity contribution in [2.24, 2.45) is 0 Å². The van der Waals surface area contributed by atoms with Crippen LogP contribution in [-0.4, -0.2) is 45.9 Å². The molecule has 2 N–H and O–H groups in total. The van der Waals surface area contributed by atoms with Gasteiger partial charge in [-0.1, -0.05) is 6.92 Å². The third-order valence-corrected chi connectivity index (χ3v) is 3.18. The number of hydrogen-bond acceptors (Lipinski definition) is 3. The highest BCUT2D eigenvalue weighted by Gasteiger charge is 2.27. The molecule has 1 saturated carbocycles. The predicted molar refractivity (Wildman–Crippen MR) is 61.8 cm³/mol. The Balaban J connectivity index is 2.44. The molecule has 0 aromatic carbocycles. The maximum absolute atomic E-state index is 9.81. The number of aliphatic hydroxyl groups excluding tert-OH is 1. The molecule has 3 nitrogen and oxygen atoms in total. The van der Waals surface area contributed by atoms with Crippen molar-refractivity contribution in [3.63, 3.8) is 0 Å². The molecule has 0 radical (unpaired) electrons. The molecule has 90 valence electrons. The van der Waals surface area contributed by atoms with Crippen molar-refractivity contribution in [3.8, 4) is 0 Å². The summed E-state index contributed by atoms with van der Waals surface area (Å²) in [6.07, 6.45) is 3.85. The summed E-state index contributed by atoms with van der Waals surface area (Å²) in [5, 5.41) is 19.3. The zero-order valence-corrected chi connectivity index (χ0v) is 10.2. The Hall–Kier alpha value is -0.120. The molecule has 0 aromatic rings. The Bertz CT molecular complexity index is 181. The van der Waals surface area contributed by atoms with E-state index >= 15 is 0 Å². The summed E-state index contributed by atoms with van der Waals surface area (Å²) in [6.45, 7) is 7.55. The van der Waals surface area contributed by atoms with Crippen LogP contribution in [0.4, 0.5) is 0 Å². The van der Waals surface area contributed by atoms with Crippen LogP contribution in [-0.2, 0) is 0 Å². The molecule has 0 saturated heterocycles. The average molecular weight is 215 g/mol. The van der Waals surface area contributed by atoms with Crippen molar-refractivity contribution < 1.29 is 10.2 Å². The van der Waals surface area contributed by atoms with Crippen molar-refractivity contribution in [2.45, 2.75) is 64.2 Å². The normalized spacial score (nSPS) is 28.4. The minimum absolute atomic E-state index is 0.0953. The molecular weight excluding hydrogens is 190 g/mol. The van der Waals surface area contributed by atoms with E-state index in [2.05, 4.69) is 11.8 Å².